The van der Waals surface area contributed by atoms with Gasteiger partial charge >= 0.3 is 6.18 Å². The summed E-state index contributed by atoms with van der Waals surface area (Å²) in [6.07, 6.45) is -4.39. The third kappa shape index (κ3) is 4.93. The van der Waals surface area contributed by atoms with E-state index in [0.717, 1.165) is 11.6 Å². The number of fused-ring (bicyclic) bond motifs is 1. The molecule has 3 aromatic heterocycles. The number of nitrogens with one attached hydrogen (secondary N) is 1. The molecule has 37 heavy (non-hydrogen) atoms. The molecule has 1 atom stereocenters. The van der Waals surface area contributed by atoms with E-state index in [9.17, 15) is 22.8 Å². The van der Waals surface area contributed by atoms with E-state index in [2.05, 4.69) is 15.4 Å². The number of nitrogens with zero attached hydrogens (tertiary/aromatic N) is 3. The zero-order valence-corrected chi connectivity index (χ0v) is 21.9. The molecule has 3 N–H and O–H groups in total. The fraction of sp³-hybridized carbons (Fsp3) is 0.280. The highest BCUT2D eigenvalue weighted by Gasteiger charge is 2.35. The number of primary amides is 1. The number of rotatable bonds is 6. The number of hydrogen-bond donors (Lipinski definition) is 2. The normalized spacial score (nSPS) is 12.6. The Hall–Kier alpha value is -3.44. The molecule has 0 saturated heterocycles. The van der Waals surface area contributed by atoms with E-state index in [-0.39, 0.29) is 26.3 Å². The molecule has 0 radical (unpaired) electrons. The van der Waals surface area contributed by atoms with Gasteiger partial charge in [0.2, 0.25) is 5.91 Å². The Morgan fingerprint density at radius 3 is 2.35 bits per heavy atom. The van der Waals surface area contributed by atoms with Crippen LogP contribution in [0.3, 0.4) is 0 Å². The highest BCUT2D eigenvalue weighted by Crippen LogP contribution is 2.44. The Kier molecular flexibility index (Phi) is 7.04. The molecule has 0 spiro atoms. The van der Waals surface area contributed by atoms with Crippen molar-refractivity contribution >= 4 is 50.7 Å². The summed E-state index contributed by atoms with van der Waals surface area (Å²) in [6.45, 7) is 7.08. The van der Waals surface area contributed by atoms with Crippen molar-refractivity contribution in [3.63, 3.8) is 0 Å². The molecule has 0 bridgehead atoms. The number of nitrogens with two attached hydrogens (primary N) is 1. The van der Waals surface area contributed by atoms with Crippen molar-refractivity contribution in [2.45, 2.75) is 46.3 Å². The summed E-state index contributed by atoms with van der Waals surface area (Å²) in [7, 11) is 0. The minimum absolute atomic E-state index is 0.0142. The second-order valence-electron chi connectivity index (χ2n) is 8.61. The van der Waals surface area contributed by atoms with Crippen molar-refractivity contribution in [1.82, 2.24) is 14.8 Å². The molecule has 7 nitrogen and oxygen atoms in total. The molecule has 0 saturated carbocycles. The lowest BCUT2D eigenvalue weighted by Gasteiger charge is -2.18. The van der Waals surface area contributed by atoms with Crippen LogP contribution in [-0.4, -0.2) is 26.6 Å². The number of hydrogen-bond acceptors (Lipinski definition) is 5. The van der Waals surface area contributed by atoms with E-state index in [1.165, 1.54) is 4.68 Å². The molecule has 0 aliphatic carbocycles. The van der Waals surface area contributed by atoms with Crippen LogP contribution in [0, 0.1) is 20.8 Å². The number of pyridine rings is 1. The Morgan fingerprint density at radius 2 is 1.84 bits per heavy atom. The van der Waals surface area contributed by atoms with E-state index in [0.29, 0.717) is 39.7 Å². The third-order valence-electron chi connectivity index (χ3n) is 6.01. The van der Waals surface area contributed by atoms with Crippen LogP contribution in [0.4, 0.5) is 18.9 Å². The van der Waals surface area contributed by atoms with Crippen molar-refractivity contribution in [3.05, 3.63) is 62.9 Å². The number of amides is 2. The van der Waals surface area contributed by atoms with Gasteiger partial charge in [0.15, 0.2) is 0 Å². The molecule has 0 fully saturated rings. The third-order valence-corrected chi connectivity index (χ3v) is 7.65. The number of thiophene rings is 1. The fourth-order valence-electron chi connectivity index (χ4n) is 4.12. The smallest absolute Gasteiger partial charge is 0.365 e. The second-order valence-corrected chi connectivity index (χ2v) is 9.99. The largest absolute Gasteiger partial charge is 0.433 e. The van der Waals surface area contributed by atoms with Gasteiger partial charge in [-0.2, -0.15) is 18.3 Å². The standard InChI is InChI=1S/C25H23ClF3N5O2S/c1-5-16(34-13(4)19(26)12(3)33-34)23(36)32-20-18-15(14-8-6-11(2)7-9-14)10-17(25(27,28)29)31-24(18)37-21(20)22(30)35/h6-10,16H,5H2,1-4H3,(H2,30,35)(H,32,36). The summed E-state index contributed by atoms with van der Waals surface area (Å²) >= 11 is 6.97. The minimum atomic E-state index is -4.73. The molecule has 194 valence electrons. The summed E-state index contributed by atoms with van der Waals surface area (Å²) in [6, 6.07) is 6.97. The number of halogens is 4. The zero-order chi connectivity index (χ0) is 27.2. The average Bonchev–Trinajstić information content (AvgIpc) is 3.32. The molecular formula is C25H23ClF3N5O2S. The van der Waals surface area contributed by atoms with Crippen LogP contribution in [0.25, 0.3) is 21.3 Å². The number of alkyl halides is 3. The first kappa shape index (κ1) is 26.6. The maximum Gasteiger partial charge on any atom is 0.433 e. The predicted molar refractivity (Wildman–Crippen MR) is 138 cm³/mol. The van der Waals surface area contributed by atoms with Crippen LogP contribution < -0.4 is 11.1 Å². The fourth-order valence-corrected chi connectivity index (χ4v) is 5.25. The van der Waals surface area contributed by atoms with Gasteiger partial charge in [-0.05, 0) is 44.4 Å². The van der Waals surface area contributed by atoms with Gasteiger partial charge in [-0.1, -0.05) is 48.4 Å². The first-order valence-electron chi connectivity index (χ1n) is 11.3. The lowest BCUT2D eigenvalue weighted by molar-refractivity contribution is -0.140. The molecular weight excluding hydrogens is 527 g/mol. The van der Waals surface area contributed by atoms with E-state index in [1.807, 2.05) is 6.92 Å². The van der Waals surface area contributed by atoms with Gasteiger partial charge in [-0.25, -0.2) is 4.98 Å². The summed E-state index contributed by atoms with van der Waals surface area (Å²) < 4.78 is 42.7. The average molecular weight is 550 g/mol. The first-order valence-corrected chi connectivity index (χ1v) is 12.5. The molecule has 4 rings (SSSR count). The SMILES string of the molecule is CCC(C(=O)Nc1c(C(N)=O)sc2nc(C(F)(F)F)cc(-c3ccc(C)cc3)c12)n1nc(C)c(Cl)c1C. The lowest BCUT2D eigenvalue weighted by atomic mass is 10.00. The number of carbonyl (C=O) groups excluding carboxylic acids is 2. The Morgan fingerprint density at radius 1 is 1.19 bits per heavy atom. The van der Waals surface area contributed by atoms with Crippen LogP contribution in [-0.2, 0) is 11.0 Å². The van der Waals surface area contributed by atoms with Crippen LogP contribution in [0.1, 0.15) is 51.7 Å². The van der Waals surface area contributed by atoms with Crippen LogP contribution in [0.2, 0.25) is 5.02 Å². The highest BCUT2D eigenvalue weighted by atomic mass is 35.5. The number of carbonyl (C=O) groups is 2. The molecule has 12 heteroatoms. The van der Waals surface area contributed by atoms with Crippen LogP contribution in [0.5, 0.6) is 0 Å². The van der Waals surface area contributed by atoms with Gasteiger partial charge in [-0.15, -0.1) is 11.3 Å². The molecule has 1 unspecified atom stereocenters. The van der Waals surface area contributed by atoms with E-state index < -0.39 is 29.7 Å². The summed E-state index contributed by atoms with van der Waals surface area (Å²) in [5.74, 6) is -1.43. The van der Waals surface area contributed by atoms with Crippen molar-refractivity contribution in [2.75, 3.05) is 5.32 Å². The second kappa shape index (κ2) is 9.79. The number of benzene rings is 1. The van der Waals surface area contributed by atoms with E-state index >= 15 is 0 Å². The Bertz CT molecular complexity index is 1530. The minimum Gasteiger partial charge on any atom is -0.365 e. The maximum absolute atomic E-state index is 13.7. The first-order chi connectivity index (χ1) is 17.3. The van der Waals surface area contributed by atoms with Crippen molar-refractivity contribution < 1.29 is 22.8 Å². The number of aromatic nitrogens is 3. The van der Waals surface area contributed by atoms with Crippen LogP contribution >= 0.6 is 22.9 Å². The molecule has 1 aromatic carbocycles. The van der Waals surface area contributed by atoms with Gasteiger partial charge in [0.1, 0.15) is 21.4 Å². The number of aryl methyl sites for hydroxylation is 2. The van der Waals surface area contributed by atoms with Gasteiger partial charge in [0.05, 0.1) is 22.1 Å². The van der Waals surface area contributed by atoms with Crippen molar-refractivity contribution in [1.29, 1.82) is 0 Å². The summed E-state index contributed by atoms with van der Waals surface area (Å²) in [5.41, 5.74) is 7.17. The van der Waals surface area contributed by atoms with Gasteiger partial charge < -0.3 is 11.1 Å². The monoisotopic (exact) mass is 549 g/mol. The zero-order valence-electron chi connectivity index (χ0n) is 20.3. The predicted octanol–water partition coefficient (Wildman–Crippen LogP) is 6.45. The maximum atomic E-state index is 13.7. The molecule has 2 amide bonds. The van der Waals surface area contributed by atoms with Crippen molar-refractivity contribution in [2.24, 2.45) is 5.73 Å². The highest BCUT2D eigenvalue weighted by molar-refractivity contribution is 7.21. The van der Waals surface area contributed by atoms with Crippen molar-refractivity contribution in [3.8, 4) is 11.1 Å². The lowest BCUT2D eigenvalue weighted by Crippen LogP contribution is -2.28. The van der Waals surface area contributed by atoms with Gasteiger partial charge in [0.25, 0.3) is 5.91 Å². The van der Waals surface area contributed by atoms with Crippen LogP contribution in [0.15, 0.2) is 30.3 Å². The summed E-state index contributed by atoms with van der Waals surface area (Å²) in [4.78, 5) is 29.4. The van der Waals surface area contributed by atoms with E-state index in [1.54, 1.807) is 45.0 Å². The molecule has 0 aliphatic rings. The Balaban J connectivity index is 1.93. The topological polar surface area (TPSA) is 103 Å². The van der Waals surface area contributed by atoms with Gasteiger partial charge in [-0.3, -0.25) is 14.3 Å². The quantitative estimate of drug-likeness (QED) is 0.288. The molecule has 0 aliphatic heterocycles. The molecule has 3 heterocycles. The Labute approximate surface area is 219 Å². The summed E-state index contributed by atoms with van der Waals surface area (Å²) in [5, 5.41) is 7.73. The van der Waals surface area contributed by atoms with Gasteiger partial charge in [0, 0.05) is 5.39 Å². The molecule has 4 aromatic rings. The van der Waals surface area contributed by atoms with E-state index in [4.69, 9.17) is 17.3 Å². The number of anilines is 1.